The number of nitriles is 1. The molecule has 0 spiro atoms. The summed E-state index contributed by atoms with van der Waals surface area (Å²) in [6, 6.07) is 19.0. The molecule has 10 nitrogen and oxygen atoms in total. The van der Waals surface area contributed by atoms with Gasteiger partial charge in [-0.05, 0) is 79.1 Å². The second-order valence-corrected chi connectivity index (χ2v) is 11.2. The van der Waals surface area contributed by atoms with Gasteiger partial charge in [-0.3, -0.25) is 9.59 Å². The van der Waals surface area contributed by atoms with Crippen molar-refractivity contribution in [2.45, 2.75) is 46.5 Å². The number of halogens is 3. The summed E-state index contributed by atoms with van der Waals surface area (Å²) < 4.78 is 54.0. The van der Waals surface area contributed by atoms with E-state index in [9.17, 15) is 32.8 Å². The highest BCUT2D eigenvalue weighted by Gasteiger charge is 2.36. The van der Waals surface area contributed by atoms with Gasteiger partial charge in [-0.2, -0.15) is 18.4 Å². The number of hydrogen-bond donors (Lipinski definition) is 2. The Labute approximate surface area is 286 Å². The molecule has 5 rings (SSSR count). The lowest BCUT2D eigenvalue weighted by Crippen LogP contribution is -2.43. The van der Waals surface area contributed by atoms with Crippen LogP contribution in [0.2, 0.25) is 0 Å². The van der Waals surface area contributed by atoms with Gasteiger partial charge in [-0.1, -0.05) is 37.3 Å². The van der Waals surface area contributed by atoms with Crippen molar-refractivity contribution in [3.8, 4) is 28.8 Å². The molecule has 2 heterocycles. The number of alkyl halides is 3. The van der Waals surface area contributed by atoms with Gasteiger partial charge in [-0.15, -0.1) is 0 Å². The van der Waals surface area contributed by atoms with E-state index in [-0.39, 0.29) is 43.0 Å². The van der Waals surface area contributed by atoms with E-state index in [2.05, 4.69) is 15.3 Å². The van der Waals surface area contributed by atoms with Crippen LogP contribution in [0, 0.1) is 25.2 Å². The highest BCUT2D eigenvalue weighted by atomic mass is 19.4. The second kappa shape index (κ2) is 15.4. The Balaban J connectivity index is 0.00000562. The number of carbonyl (C=O) groups excluding carboxylic acids is 2. The van der Waals surface area contributed by atoms with Gasteiger partial charge in [0.25, 0.3) is 11.5 Å². The number of esters is 1. The number of amides is 1. The van der Waals surface area contributed by atoms with Gasteiger partial charge in [0, 0.05) is 23.9 Å². The third kappa shape index (κ3) is 8.27. The average Bonchev–Trinajstić information content (AvgIpc) is 3.59. The Morgan fingerprint density at radius 1 is 1.04 bits per heavy atom. The van der Waals surface area contributed by atoms with Crippen molar-refractivity contribution < 1.29 is 32.2 Å². The van der Waals surface area contributed by atoms with Crippen LogP contribution in [0.1, 0.15) is 51.3 Å². The number of rotatable bonds is 10. The van der Waals surface area contributed by atoms with E-state index in [1.165, 1.54) is 62.1 Å². The molecule has 13 heteroatoms. The van der Waals surface area contributed by atoms with Crippen LogP contribution in [-0.4, -0.2) is 39.6 Å². The average molecular weight is 686 g/mol. The lowest BCUT2D eigenvalue weighted by molar-refractivity contribution is -0.143. The number of ether oxygens (including phenoxy) is 2. The summed E-state index contributed by atoms with van der Waals surface area (Å²) in [4.78, 5) is 45.6. The Morgan fingerprint density at radius 3 is 2.40 bits per heavy atom. The highest BCUT2D eigenvalue weighted by Crippen LogP contribution is 2.34. The molecular formula is C37H34F3N5O5. The van der Waals surface area contributed by atoms with E-state index in [0.29, 0.717) is 17.0 Å². The second-order valence-electron chi connectivity index (χ2n) is 11.2. The van der Waals surface area contributed by atoms with Gasteiger partial charge in [0.05, 0.1) is 31.2 Å². The van der Waals surface area contributed by atoms with E-state index in [4.69, 9.17) is 9.47 Å². The number of methoxy groups -OCH3 is 1. The monoisotopic (exact) mass is 685 g/mol. The lowest BCUT2D eigenvalue weighted by atomic mass is 10.0. The molecule has 0 aliphatic carbocycles. The first kappa shape index (κ1) is 36.7. The largest absolute Gasteiger partial charge is 0.467 e. The predicted octanol–water partition coefficient (Wildman–Crippen LogP) is 6.74. The maximum absolute atomic E-state index is 14.0. The molecule has 0 saturated carbocycles. The van der Waals surface area contributed by atoms with Crippen LogP contribution in [-0.2, 0) is 28.7 Å². The van der Waals surface area contributed by atoms with E-state index in [0.717, 1.165) is 21.8 Å². The quantitative estimate of drug-likeness (QED) is 0.155. The standard InChI is InChI=1S/C36H30F3N5O5.CH4/c1-21-7-8-25(22(2)13-21)19-44-32(16-30(36(37,38)39)29(17-40)34(44)46)23-9-11-27(12-10-23)49-28-6-4-5-24(14-28)33(45)43-31(35(47)48-3)15-26-18-41-20-42-26;/h4-14,16,18,20,31H,15,19H2,1-3H3,(H,41,42)(H,43,45);1H4/t31-;/m0./s1. The van der Waals surface area contributed by atoms with Crippen LogP contribution < -0.4 is 15.6 Å². The number of carbonyl (C=O) groups is 2. The third-order valence-electron chi connectivity index (χ3n) is 7.80. The van der Waals surface area contributed by atoms with E-state index in [1.54, 1.807) is 18.2 Å². The van der Waals surface area contributed by atoms with Crippen LogP contribution in [0.25, 0.3) is 11.3 Å². The van der Waals surface area contributed by atoms with Crippen molar-refractivity contribution in [3.05, 3.63) is 135 Å². The van der Waals surface area contributed by atoms with Gasteiger partial charge in [0.1, 0.15) is 29.2 Å². The van der Waals surface area contributed by atoms with Gasteiger partial charge >= 0.3 is 12.1 Å². The number of aryl methyl sites for hydroxylation is 2. The number of aromatic nitrogens is 3. The minimum atomic E-state index is -4.94. The first-order chi connectivity index (χ1) is 23.4. The fourth-order valence-corrected chi connectivity index (χ4v) is 5.29. The molecule has 50 heavy (non-hydrogen) atoms. The minimum Gasteiger partial charge on any atom is -0.467 e. The van der Waals surface area contributed by atoms with Crippen molar-refractivity contribution in [2.75, 3.05) is 7.11 Å². The molecule has 0 bridgehead atoms. The molecule has 3 aromatic carbocycles. The maximum atomic E-state index is 14.0. The van der Waals surface area contributed by atoms with Crippen LogP contribution in [0.5, 0.6) is 11.5 Å². The number of aromatic amines is 1. The molecule has 2 aromatic heterocycles. The Morgan fingerprint density at radius 2 is 1.78 bits per heavy atom. The van der Waals surface area contributed by atoms with Gasteiger partial charge in [0.2, 0.25) is 0 Å². The summed E-state index contributed by atoms with van der Waals surface area (Å²) in [6.45, 7) is 3.68. The molecule has 1 amide bonds. The summed E-state index contributed by atoms with van der Waals surface area (Å²) in [5.74, 6) is -0.632. The number of nitrogens with zero attached hydrogens (tertiary/aromatic N) is 3. The zero-order valence-corrected chi connectivity index (χ0v) is 26.6. The molecule has 0 radical (unpaired) electrons. The Hall–Kier alpha value is -6.16. The Bertz CT molecular complexity index is 2100. The van der Waals surface area contributed by atoms with Gasteiger partial charge in [-0.25, -0.2) is 9.78 Å². The van der Waals surface area contributed by atoms with Crippen LogP contribution >= 0.6 is 0 Å². The van der Waals surface area contributed by atoms with Crippen molar-refractivity contribution in [1.29, 1.82) is 5.26 Å². The Kier molecular flexibility index (Phi) is 11.3. The summed E-state index contributed by atoms with van der Waals surface area (Å²) in [5, 5.41) is 12.2. The summed E-state index contributed by atoms with van der Waals surface area (Å²) >= 11 is 0. The van der Waals surface area contributed by atoms with E-state index < -0.39 is 40.8 Å². The van der Waals surface area contributed by atoms with Crippen molar-refractivity contribution in [3.63, 3.8) is 0 Å². The number of imidazole rings is 1. The number of hydrogen-bond acceptors (Lipinski definition) is 7. The summed E-state index contributed by atoms with van der Waals surface area (Å²) in [5.41, 5.74) is 0.244. The first-order valence-electron chi connectivity index (χ1n) is 14.9. The zero-order valence-electron chi connectivity index (χ0n) is 26.6. The van der Waals surface area contributed by atoms with Gasteiger partial charge in [0.15, 0.2) is 0 Å². The SMILES string of the molecule is C.COC(=O)[C@H](Cc1cnc[nH]1)NC(=O)c1cccc(Oc2ccc(-c3cc(C(F)(F)F)c(C#N)c(=O)n3Cc3ccc(C)cc3C)cc2)c1. The molecule has 0 unspecified atom stereocenters. The number of nitrogens with one attached hydrogen (secondary N) is 2. The highest BCUT2D eigenvalue weighted by molar-refractivity contribution is 5.97. The molecular weight excluding hydrogens is 651 g/mol. The molecule has 2 N–H and O–H groups in total. The number of H-pyrrole nitrogens is 1. The van der Waals surface area contributed by atoms with Crippen LogP contribution in [0.4, 0.5) is 13.2 Å². The molecule has 0 fully saturated rings. The van der Waals surface area contributed by atoms with Crippen molar-refractivity contribution in [1.82, 2.24) is 19.9 Å². The molecule has 0 aliphatic rings. The summed E-state index contributed by atoms with van der Waals surface area (Å²) in [6.07, 6.45) is -1.83. The molecule has 5 aromatic rings. The van der Waals surface area contributed by atoms with Crippen LogP contribution in [0.15, 0.2) is 90.1 Å². The predicted molar refractivity (Wildman–Crippen MR) is 180 cm³/mol. The molecule has 0 aliphatic heterocycles. The maximum Gasteiger partial charge on any atom is 0.417 e. The molecule has 0 saturated heterocycles. The third-order valence-corrected chi connectivity index (χ3v) is 7.80. The van der Waals surface area contributed by atoms with E-state index in [1.807, 2.05) is 26.0 Å². The smallest absolute Gasteiger partial charge is 0.417 e. The normalized spacial score (nSPS) is 11.5. The van der Waals surface area contributed by atoms with Crippen molar-refractivity contribution in [2.24, 2.45) is 0 Å². The fraction of sp³-hybridized carbons (Fsp3) is 0.216. The first-order valence-corrected chi connectivity index (χ1v) is 14.9. The van der Waals surface area contributed by atoms with E-state index >= 15 is 0 Å². The summed E-state index contributed by atoms with van der Waals surface area (Å²) in [7, 11) is 1.22. The number of benzene rings is 3. The fourth-order valence-electron chi connectivity index (χ4n) is 5.29. The van der Waals surface area contributed by atoms with Gasteiger partial charge < -0.3 is 24.3 Å². The van der Waals surface area contributed by atoms with Crippen molar-refractivity contribution >= 4 is 11.9 Å². The topological polar surface area (TPSA) is 139 Å². The number of pyridine rings is 1. The lowest BCUT2D eigenvalue weighted by Gasteiger charge is -2.19. The zero-order chi connectivity index (χ0) is 35.3. The molecule has 258 valence electrons. The minimum absolute atomic E-state index is 0. The van der Waals surface area contributed by atoms with Crippen LogP contribution in [0.3, 0.4) is 0 Å². The molecule has 1 atom stereocenters.